The fourth-order valence-electron chi connectivity index (χ4n) is 4.46. The maximum atomic E-state index is 13.9. The number of aromatic amines is 1. The molecule has 14 heteroatoms. The number of thioether (sulfide) groups is 2. The molecule has 0 aliphatic carbocycles. The van der Waals surface area contributed by atoms with Crippen LogP contribution >= 0.6 is 23.5 Å². The first-order valence-electron chi connectivity index (χ1n) is 12.0. The zero-order valence-electron chi connectivity index (χ0n) is 21.1. The third-order valence-electron chi connectivity index (χ3n) is 6.52. The Morgan fingerprint density at radius 3 is 2.42 bits per heavy atom. The molecule has 3 aromatic rings. The summed E-state index contributed by atoms with van der Waals surface area (Å²) in [5.41, 5.74) is 4.93. The van der Waals surface area contributed by atoms with Gasteiger partial charge in [-0.15, -0.1) is 16.9 Å². The van der Waals surface area contributed by atoms with Gasteiger partial charge in [0.2, 0.25) is 12.1 Å². The SMILES string of the molecule is Cn1c(SCC2=C(C(=O)OC(c3ccccc3)c3ccccc3)N3C(=O)[C@](N)(NC=O)[C@H]3SC2)n[nH]c(=O)c1=O. The van der Waals surface area contributed by atoms with E-state index in [0.29, 0.717) is 12.0 Å². The van der Waals surface area contributed by atoms with E-state index in [1.165, 1.54) is 23.7 Å². The van der Waals surface area contributed by atoms with Crippen molar-refractivity contribution in [1.29, 1.82) is 0 Å². The first-order chi connectivity index (χ1) is 19.3. The van der Waals surface area contributed by atoms with Gasteiger partial charge in [-0.2, -0.15) is 0 Å². The van der Waals surface area contributed by atoms with E-state index < -0.39 is 40.1 Å². The van der Waals surface area contributed by atoms with Crippen LogP contribution in [0.25, 0.3) is 0 Å². The number of esters is 1. The van der Waals surface area contributed by atoms with Gasteiger partial charge in [-0.25, -0.2) is 9.89 Å². The smallest absolute Gasteiger partial charge is 0.356 e. The molecule has 40 heavy (non-hydrogen) atoms. The summed E-state index contributed by atoms with van der Waals surface area (Å²) in [6, 6.07) is 18.4. The molecule has 2 aromatic carbocycles. The minimum atomic E-state index is -1.67. The number of fused-ring (bicyclic) bond motifs is 1. The van der Waals surface area contributed by atoms with Crippen molar-refractivity contribution in [2.45, 2.75) is 22.3 Å². The maximum absolute atomic E-state index is 13.9. The summed E-state index contributed by atoms with van der Waals surface area (Å²) in [6.07, 6.45) is -0.412. The Kier molecular flexibility index (Phi) is 7.65. The first-order valence-corrected chi connectivity index (χ1v) is 14.1. The fourth-order valence-corrected chi connectivity index (χ4v) is 6.90. The zero-order chi connectivity index (χ0) is 28.4. The van der Waals surface area contributed by atoms with Crippen molar-refractivity contribution < 1.29 is 19.1 Å². The van der Waals surface area contributed by atoms with E-state index in [2.05, 4.69) is 15.5 Å². The molecule has 0 saturated carbocycles. The number of carbonyl (C=O) groups is 3. The number of carbonyl (C=O) groups excluding carboxylic acids is 3. The number of H-pyrrole nitrogens is 1. The second kappa shape index (κ2) is 11.2. The van der Waals surface area contributed by atoms with E-state index in [0.717, 1.165) is 27.5 Å². The number of rotatable bonds is 9. The molecule has 2 amide bonds. The Balaban J connectivity index is 1.52. The van der Waals surface area contributed by atoms with E-state index in [1.807, 2.05) is 60.7 Å². The van der Waals surface area contributed by atoms with Gasteiger partial charge in [-0.05, 0) is 16.7 Å². The van der Waals surface area contributed by atoms with E-state index in [4.69, 9.17) is 10.5 Å². The van der Waals surface area contributed by atoms with Gasteiger partial charge in [0, 0.05) is 18.6 Å². The standard InChI is InChI=1S/C26H24N6O6S2/c1-31-21(35)20(34)29-30-25(31)40-13-17-12-39-24-26(27,28-14-33)23(37)32(24)18(17)22(36)38-19(15-8-4-2-5-9-15)16-10-6-3-7-11-16/h2-11,14,19,24H,12-13,27H2,1H3,(H,28,33)(H,29,34)/t24-,26+/m1/s1. The highest BCUT2D eigenvalue weighted by Gasteiger charge is 2.63. The van der Waals surface area contributed by atoms with Crippen LogP contribution in [0.2, 0.25) is 0 Å². The molecule has 1 fully saturated rings. The lowest BCUT2D eigenvalue weighted by Gasteiger charge is -2.55. The summed E-state index contributed by atoms with van der Waals surface area (Å²) in [5.74, 6) is -0.968. The highest BCUT2D eigenvalue weighted by atomic mass is 32.2. The van der Waals surface area contributed by atoms with Crippen molar-refractivity contribution >= 4 is 41.8 Å². The van der Waals surface area contributed by atoms with Crippen molar-refractivity contribution in [2.75, 3.05) is 11.5 Å². The summed E-state index contributed by atoms with van der Waals surface area (Å²) in [6.45, 7) is 0. The molecule has 2 atom stereocenters. The van der Waals surface area contributed by atoms with Gasteiger partial charge in [-0.3, -0.25) is 34.4 Å². The fraction of sp³-hybridized carbons (Fsp3) is 0.231. The lowest BCUT2D eigenvalue weighted by molar-refractivity contribution is -0.160. The van der Waals surface area contributed by atoms with Crippen LogP contribution in [0.3, 0.4) is 0 Å². The van der Waals surface area contributed by atoms with Crippen LogP contribution < -0.4 is 22.2 Å². The second-order valence-electron chi connectivity index (χ2n) is 9.02. The predicted octanol–water partition coefficient (Wildman–Crippen LogP) is 0.464. The van der Waals surface area contributed by atoms with Gasteiger partial charge in [0.05, 0.1) is 0 Å². The summed E-state index contributed by atoms with van der Waals surface area (Å²) >= 11 is 2.39. The molecule has 0 spiro atoms. The summed E-state index contributed by atoms with van der Waals surface area (Å²) in [7, 11) is 1.42. The van der Waals surface area contributed by atoms with Crippen LogP contribution in [0.5, 0.6) is 0 Å². The largest absolute Gasteiger partial charge is 0.448 e. The lowest BCUT2D eigenvalue weighted by atomic mass is 9.96. The third-order valence-corrected chi connectivity index (χ3v) is 9.05. The highest BCUT2D eigenvalue weighted by Crippen LogP contribution is 2.45. The molecule has 5 rings (SSSR count). The summed E-state index contributed by atoms with van der Waals surface area (Å²) in [4.78, 5) is 63.2. The van der Waals surface area contributed by atoms with Gasteiger partial charge in [0.1, 0.15) is 11.1 Å². The third kappa shape index (κ3) is 4.85. The van der Waals surface area contributed by atoms with Crippen molar-refractivity contribution in [3.63, 3.8) is 0 Å². The molecular formula is C26H24N6O6S2. The Bertz CT molecular complexity index is 1570. The van der Waals surface area contributed by atoms with Crippen LogP contribution in [0, 0.1) is 0 Å². The number of benzene rings is 2. The topological polar surface area (TPSA) is 169 Å². The Morgan fingerprint density at radius 2 is 1.82 bits per heavy atom. The number of β-lactam (4-membered cyclic amide) rings is 1. The van der Waals surface area contributed by atoms with Gasteiger partial charge >= 0.3 is 17.1 Å². The van der Waals surface area contributed by atoms with Crippen molar-refractivity contribution in [3.05, 3.63) is 104 Å². The molecule has 2 aliphatic heterocycles. The minimum Gasteiger partial charge on any atom is -0.448 e. The number of aromatic nitrogens is 3. The molecule has 1 aromatic heterocycles. The molecule has 0 bridgehead atoms. The molecule has 12 nitrogen and oxygen atoms in total. The Labute approximate surface area is 236 Å². The molecule has 0 unspecified atom stereocenters. The van der Waals surface area contributed by atoms with Crippen molar-refractivity contribution in [2.24, 2.45) is 12.8 Å². The van der Waals surface area contributed by atoms with Crippen LogP contribution in [0.1, 0.15) is 17.2 Å². The molecule has 1 saturated heterocycles. The van der Waals surface area contributed by atoms with Crippen LogP contribution in [0.15, 0.2) is 86.7 Å². The van der Waals surface area contributed by atoms with E-state index in [9.17, 15) is 24.0 Å². The van der Waals surface area contributed by atoms with Crippen molar-refractivity contribution in [3.8, 4) is 0 Å². The normalized spacial score (nSPS) is 20.1. The van der Waals surface area contributed by atoms with Crippen molar-refractivity contribution in [1.82, 2.24) is 25.0 Å². The van der Waals surface area contributed by atoms with Gasteiger partial charge in [0.25, 0.3) is 5.91 Å². The average molecular weight is 581 g/mol. The molecule has 3 heterocycles. The van der Waals surface area contributed by atoms with Gasteiger partial charge < -0.3 is 10.1 Å². The van der Waals surface area contributed by atoms with E-state index in [-0.39, 0.29) is 22.4 Å². The van der Waals surface area contributed by atoms with E-state index >= 15 is 0 Å². The molecular weight excluding hydrogens is 556 g/mol. The average Bonchev–Trinajstić information content (AvgIpc) is 2.98. The minimum absolute atomic E-state index is 0.0151. The van der Waals surface area contributed by atoms with E-state index in [1.54, 1.807) is 0 Å². The molecule has 2 aliphatic rings. The van der Waals surface area contributed by atoms with Crippen LogP contribution in [-0.4, -0.2) is 60.5 Å². The van der Waals surface area contributed by atoms with Crippen LogP contribution in [0.4, 0.5) is 0 Å². The Morgan fingerprint density at radius 1 is 1.20 bits per heavy atom. The maximum Gasteiger partial charge on any atom is 0.356 e. The number of nitrogens with two attached hydrogens (primary N) is 1. The number of ether oxygens (including phenoxy) is 1. The predicted molar refractivity (Wildman–Crippen MR) is 148 cm³/mol. The zero-order valence-corrected chi connectivity index (χ0v) is 22.7. The lowest BCUT2D eigenvalue weighted by Crippen LogP contribution is -2.83. The van der Waals surface area contributed by atoms with Gasteiger partial charge in [0.15, 0.2) is 11.3 Å². The number of nitrogens with zero attached hydrogens (tertiary/aromatic N) is 3. The number of hydrogen-bond acceptors (Lipinski definition) is 10. The summed E-state index contributed by atoms with van der Waals surface area (Å²) in [5, 5.41) is 7.94. The van der Waals surface area contributed by atoms with Crippen LogP contribution in [-0.2, 0) is 26.2 Å². The molecule has 0 radical (unpaired) electrons. The number of nitrogens with one attached hydrogen (secondary N) is 2. The number of amides is 2. The molecule has 4 N–H and O–H groups in total. The Hall–Kier alpha value is -4.14. The quantitative estimate of drug-likeness (QED) is 0.0807. The molecule has 206 valence electrons. The highest BCUT2D eigenvalue weighted by molar-refractivity contribution is 8.01. The number of hydrogen-bond donors (Lipinski definition) is 3. The van der Waals surface area contributed by atoms with Gasteiger partial charge in [-0.1, -0.05) is 72.4 Å². The summed E-state index contributed by atoms with van der Waals surface area (Å²) < 4.78 is 7.18. The monoisotopic (exact) mass is 580 g/mol. The second-order valence-corrected chi connectivity index (χ2v) is 11.0. The first kappa shape index (κ1) is 27.4.